The predicted molar refractivity (Wildman–Crippen MR) is 72.2 cm³/mol. The van der Waals surface area contributed by atoms with E-state index in [1.165, 1.54) is 6.20 Å². The van der Waals surface area contributed by atoms with Crippen molar-refractivity contribution < 1.29 is 9.53 Å². The fourth-order valence-corrected chi connectivity index (χ4v) is 1.74. The van der Waals surface area contributed by atoms with Crippen molar-refractivity contribution in [2.75, 3.05) is 26.1 Å². The van der Waals surface area contributed by atoms with E-state index in [4.69, 9.17) is 16.3 Å². The van der Waals surface area contributed by atoms with Crippen LogP contribution in [-0.2, 0) is 4.74 Å². The second-order valence-electron chi connectivity index (χ2n) is 3.84. The van der Waals surface area contributed by atoms with Gasteiger partial charge in [0.25, 0.3) is 5.91 Å². The summed E-state index contributed by atoms with van der Waals surface area (Å²) >= 11 is 5.98. The Bertz CT molecular complexity index is 412. The van der Waals surface area contributed by atoms with Crippen molar-refractivity contribution in [2.24, 2.45) is 0 Å². The Labute approximate surface area is 112 Å². The highest BCUT2D eigenvalue weighted by Gasteiger charge is 2.13. The van der Waals surface area contributed by atoms with Gasteiger partial charge in [0.2, 0.25) is 0 Å². The standard InChI is InChI=1S/C12H18ClN3O2/c1-4-9(7-18-3)16-12(17)8-5-10(13)11(14-2)15-6-8/h5-6,9H,4,7H2,1-3H3,(H,14,15)(H,16,17). The first-order valence-electron chi connectivity index (χ1n) is 5.75. The number of carbonyl (C=O) groups excluding carboxylic acids is 1. The lowest BCUT2D eigenvalue weighted by Crippen LogP contribution is -2.37. The third kappa shape index (κ3) is 3.85. The number of methoxy groups -OCH3 is 1. The largest absolute Gasteiger partial charge is 0.383 e. The predicted octanol–water partition coefficient (Wildman–Crippen LogP) is 1.93. The minimum Gasteiger partial charge on any atom is -0.383 e. The maximum absolute atomic E-state index is 12.0. The molecule has 0 saturated heterocycles. The van der Waals surface area contributed by atoms with Crippen LogP contribution in [0.5, 0.6) is 0 Å². The van der Waals surface area contributed by atoms with Gasteiger partial charge in [0.15, 0.2) is 0 Å². The molecule has 1 aromatic heterocycles. The molecule has 0 aliphatic heterocycles. The molecule has 0 spiro atoms. The Balaban J connectivity index is 2.74. The van der Waals surface area contributed by atoms with Crippen LogP contribution in [0.4, 0.5) is 5.82 Å². The molecule has 0 radical (unpaired) electrons. The van der Waals surface area contributed by atoms with Crippen LogP contribution in [0.2, 0.25) is 5.02 Å². The van der Waals surface area contributed by atoms with Gasteiger partial charge in [-0.2, -0.15) is 0 Å². The van der Waals surface area contributed by atoms with Crippen LogP contribution in [0.25, 0.3) is 0 Å². The quantitative estimate of drug-likeness (QED) is 0.830. The summed E-state index contributed by atoms with van der Waals surface area (Å²) in [7, 11) is 3.33. The summed E-state index contributed by atoms with van der Waals surface area (Å²) < 4.78 is 5.03. The zero-order chi connectivity index (χ0) is 13.5. The fraction of sp³-hybridized carbons (Fsp3) is 0.500. The Kier molecular flexibility index (Phi) is 5.88. The number of pyridine rings is 1. The Hall–Kier alpha value is -1.33. The number of halogens is 1. The van der Waals surface area contributed by atoms with Crippen LogP contribution in [0.1, 0.15) is 23.7 Å². The molecule has 1 aromatic rings. The molecule has 0 aromatic carbocycles. The normalized spacial score (nSPS) is 12.0. The maximum Gasteiger partial charge on any atom is 0.253 e. The number of rotatable bonds is 6. The van der Waals surface area contributed by atoms with Crippen molar-refractivity contribution in [3.05, 3.63) is 22.8 Å². The molecule has 5 nitrogen and oxygen atoms in total. The zero-order valence-electron chi connectivity index (χ0n) is 10.8. The number of nitrogens with one attached hydrogen (secondary N) is 2. The van der Waals surface area contributed by atoms with Crippen LogP contribution in [-0.4, -0.2) is 37.7 Å². The van der Waals surface area contributed by atoms with Gasteiger partial charge in [-0.3, -0.25) is 4.79 Å². The molecule has 1 amide bonds. The minimum absolute atomic E-state index is 0.00903. The van der Waals surface area contributed by atoms with Gasteiger partial charge < -0.3 is 15.4 Å². The third-order valence-corrected chi connectivity index (χ3v) is 2.82. The lowest BCUT2D eigenvalue weighted by Gasteiger charge is -2.16. The summed E-state index contributed by atoms with van der Waals surface area (Å²) in [6, 6.07) is 1.58. The molecule has 1 unspecified atom stereocenters. The fourth-order valence-electron chi connectivity index (χ4n) is 1.48. The summed E-state index contributed by atoms with van der Waals surface area (Å²) in [5.74, 6) is 0.355. The van der Waals surface area contributed by atoms with Gasteiger partial charge in [-0.25, -0.2) is 4.98 Å². The number of hydrogen-bond acceptors (Lipinski definition) is 4. The highest BCUT2D eigenvalue weighted by Crippen LogP contribution is 2.19. The second-order valence-corrected chi connectivity index (χ2v) is 4.25. The SMILES string of the molecule is CCC(COC)NC(=O)c1cnc(NC)c(Cl)c1. The van der Waals surface area contributed by atoms with E-state index < -0.39 is 0 Å². The average molecular weight is 272 g/mol. The summed E-state index contributed by atoms with van der Waals surface area (Å²) in [5, 5.41) is 6.13. The molecule has 2 N–H and O–H groups in total. The van der Waals surface area contributed by atoms with Gasteiger partial charge in [0, 0.05) is 20.4 Å². The van der Waals surface area contributed by atoms with Crippen molar-refractivity contribution in [1.29, 1.82) is 0 Å². The summed E-state index contributed by atoms with van der Waals surface area (Å²) in [6.07, 6.45) is 2.29. The Morgan fingerprint density at radius 2 is 2.33 bits per heavy atom. The molecule has 6 heteroatoms. The number of ether oxygens (including phenoxy) is 1. The van der Waals surface area contributed by atoms with E-state index in [0.717, 1.165) is 6.42 Å². The molecule has 0 aliphatic rings. The topological polar surface area (TPSA) is 63.2 Å². The second kappa shape index (κ2) is 7.18. The molecular formula is C12H18ClN3O2. The van der Waals surface area contributed by atoms with Crippen molar-refractivity contribution >= 4 is 23.3 Å². The summed E-state index contributed by atoms with van der Waals surface area (Å²) in [4.78, 5) is 16.0. The lowest BCUT2D eigenvalue weighted by atomic mass is 10.2. The van der Waals surface area contributed by atoms with E-state index in [-0.39, 0.29) is 11.9 Å². The highest BCUT2D eigenvalue weighted by atomic mass is 35.5. The van der Waals surface area contributed by atoms with E-state index >= 15 is 0 Å². The highest BCUT2D eigenvalue weighted by molar-refractivity contribution is 6.33. The number of nitrogens with zero attached hydrogens (tertiary/aromatic N) is 1. The number of amides is 1. The number of aromatic nitrogens is 1. The maximum atomic E-state index is 12.0. The molecular weight excluding hydrogens is 254 g/mol. The molecule has 1 rings (SSSR count). The van der Waals surface area contributed by atoms with Crippen molar-refractivity contribution in [1.82, 2.24) is 10.3 Å². The molecule has 0 bridgehead atoms. The molecule has 0 fully saturated rings. The third-order valence-electron chi connectivity index (χ3n) is 2.54. The lowest BCUT2D eigenvalue weighted by molar-refractivity contribution is 0.0894. The smallest absolute Gasteiger partial charge is 0.253 e. The van der Waals surface area contributed by atoms with E-state index in [1.807, 2.05) is 6.92 Å². The first kappa shape index (κ1) is 14.7. The van der Waals surface area contributed by atoms with Crippen LogP contribution >= 0.6 is 11.6 Å². The minimum atomic E-state index is -0.198. The van der Waals surface area contributed by atoms with Crippen molar-refractivity contribution in [2.45, 2.75) is 19.4 Å². The van der Waals surface area contributed by atoms with E-state index in [2.05, 4.69) is 15.6 Å². The average Bonchev–Trinajstić information content (AvgIpc) is 2.37. The van der Waals surface area contributed by atoms with Gasteiger partial charge in [0.05, 0.1) is 23.2 Å². The van der Waals surface area contributed by atoms with E-state index in [1.54, 1.807) is 20.2 Å². The monoisotopic (exact) mass is 271 g/mol. The Morgan fingerprint density at radius 3 is 2.83 bits per heavy atom. The first-order chi connectivity index (χ1) is 8.62. The Morgan fingerprint density at radius 1 is 1.61 bits per heavy atom. The molecule has 18 heavy (non-hydrogen) atoms. The number of anilines is 1. The van der Waals surface area contributed by atoms with Crippen LogP contribution < -0.4 is 10.6 Å². The molecule has 0 aliphatic carbocycles. The van der Waals surface area contributed by atoms with Crippen LogP contribution in [0, 0.1) is 0 Å². The van der Waals surface area contributed by atoms with Gasteiger partial charge in [-0.1, -0.05) is 18.5 Å². The molecule has 1 heterocycles. The van der Waals surface area contributed by atoms with E-state index in [0.29, 0.717) is 23.0 Å². The van der Waals surface area contributed by atoms with Gasteiger partial charge in [-0.05, 0) is 12.5 Å². The summed E-state index contributed by atoms with van der Waals surface area (Å²) in [5.41, 5.74) is 0.438. The first-order valence-corrected chi connectivity index (χ1v) is 6.13. The van der Waals surface area contributed by atoms with Gasteiger partial charge in [-0.15, -0.1) is 0 Å². The number of hydrogen-bond donors (Lipinski definition) is 2. The summed E-state index contributed by atoms with van der Waals surface area (Å²) in [6.45, 7) is 2.47. The molecule has 1 atom stereocenters. The zero-order valence-corrected chi connectivity index (χ0v) is 11.5. The number of carbonyl (C=O) groups is 1. The molecule has 0 saturated carbocycles. The van der Waals surface area contributed by atoms with Crippen molar-refractivity contribution in [3.63, 3.8) is 0 Å². The molecule has 100 valence electrons. The van der Waals surface area contributed by atoms with E-state index in [9.17, 15) is 4.79 Å². The van der Waals surface area contributed by atoms with Crippen molar-refractivity contribution in [3.8, 4) is 0 Å². The van der Waals surface area contributed by atoms with Gasteiger partial charge >= 0.3 is 0 Å². The van der Waals surface area contributed by atoms with Crippen LogP contribution in [0.3, 0.4) is 0 Å². The van der Waals surface area contributed by atoms with Crippen LogP contribution in [0.15, 0.2) is 12.3 Å². The van der Waals surface area contributed by atoms with Gasteiger partial charge in [0.1, 0.15) is 5.82 Å².